The van der Waals surface area contributed by atoms with E-state index in [2.05, 4.69) is 27.4 Å². The van der Waals surface area contributed by atoms with Crippen molar-refractivity contribution in [1.29, 1.82) is 0 Å². The maximum absolute atomic E-state index is 6.20. The molecule has 0 saturated carbocycles. The fourth-order valence-electron chi connectivity index (χ4n) is 1.76. The molecule has 0 amide bonds. The van der Waals surface area contributed by atoms with Crippen molar-refractivity contribution in [2.45, 2.75) is 30.6 Å². The zero-order chi connectivity index (χ0) is 9.97. The molecule has 2 heterocycles. The molecule has 78 valence electrons. The molecule has 1 aliphatic heterocycles. The van der Waals surface area contributed by atoms with Crippen LogP contribution in [0.4, 0.5) is 0 Å². The van der Waals surface area contributed by atoms with E-state index in [0.717, 1.165) is 6.42 Å². The SMILES string of the molecule is NC(Cc1sccc1Br)C1CCCS1. The fourth-order valence-corrected chi connectivity index (χ4v) is 4.66. The average Bonchev–Trinajstić information content (AvgIpc) is 2.77. The van der Waals surface area contributed by atoms with Crippen LogP contribution >= 0.6 is 39.0 Å². The minimum atomic E-state index is 0.331. The van der Waals surface area contributed by atoms with Gasteiger partial charge in [0.05, 0.1) is 0 Å². The highest BCUT2D eigenvalue weighted by Gasteiger charge is 2.23. The molecule has 1 fully saturated rings. The Balaban J connectivity index is 1.93. The zero-order valence-corrected chi connectivity index (χ0v) is 11.1. The van der Waals surface area contributed by atoms with Crippen LogP contribution in [0.1, 0.15) is 17.7 Å². The third-order valence-electron chi connectivity index (χ3n) is 2.55. The number of thioether (sulfide) groups is 1. The summed E-state index contributed by atoms with van der Waals surface area (Å²) >= 11 is 7.39. The number of nitrogens with two attached hydrogens (primary N) is 1. The van der Waals surface area contributed by atoms with Crippen molar-refractivity contribution in [3.8, 4) is 0 Å². The van der Waals surface area contributed by atoms with Gasteiger partial charge in [-0.25, -0.2) is 0 Å². The summed E-state index contributed by atoms with van der Waals surface area (Å²) in [7, 11) is 0. The van der Waals surface area contributed by atoms with Crippen molar-refractivity contribution in [2.24, 2.45) is 5.73 Å². The molecule has 1 aromatic rings. The maximum Gasteiger partial charge on any atom is 0.0314 e. The Labute approximate surface area is 102 Å². The second-order valence-electron chi connectivity index (χ2n) is 3.61. The molecule has 0 aliphatic carbocycles. The van der Waals surface area contributed by atoms with Crippen LogP contribution in [-0.4, -0.2) is 17.0 Å². The third kappa shape index (κ3) is 2.54. The van der Waals surface area contributed by atoms with E-state index in [1.54, 1.807) is 11.3 Å². The van der Waals surface area contributed by atoms with Crippen LogP contribution in [0.5, 0.6) is 0 Å². The van der Waals surface area contributed by atoms with E-state index in [0.29, 0.717) is 11.3 Å². The van der Waals surface area contributed by atoms with Gasteiger partial charge in [0.1, 0.15) is 0 Å². The summed E-state index contributed by atoms with van der Waals surface area (Å²) in [5.74, 6) is 1.30. The molecule has 1 nitrogen and oxygen atoms in total. The van der Waals surface area contributed by atoms with Crippen LogP contribution in [0, 0.1) is 0 Å². The number of thiophene rings is 1. The molecular formula is C10H14BrNS2. The lowest BCUT2D eigenvalue weighted by atomic mass is 10.1. The smallest absolute Gasteiger partial charge is 0.0314 e. The molecule has 0 spiro atoms. The quantitative estimate of drug-likeness (QED) is 0.925. The minimum Gasteiger partial charge on any atom is -0.326 e. The van der Waals surface area contributed by atoms with Gasteiger partial charge < -0.3 is 5.73 Å². The van der Waals surface area contributed by atoms with Gasteiger partial charge >= 0.3 is 0 Å². The van der Waals surface area contributed by atoms with Gasteiger partial charge in [-0.2, -0.15) is 11.8 Å². The molecule has 2 atom stereocenters. The summed E-state index contributed by atoms with van der Waals surface area (Å²) in [5.41, 5.74) is 6.20. The molecule has 1 aliphatic rings. The second kappa shape index (κ2) is 5.01. The van der Waals surface area contributed by atoms with Crippen molar-refractivity contribution < 1.29 is 0 Å². The van der Waals surface area contributed by atoms with Gasteiger partial charge in [-0.1, -0.05) is 0 Å². The van der Waals surface area contributed by atoms with Crippen molar-refractivity contribution in [3.05, 3.63) is 20.8 Å². The average molecular weight is 292 g/mol. The van der Waals surface area contributed by atoms with Crippen molar-refractivity contribution in [2.75, 3.05) is 5.75 Å². The van der Waals surface area contributed by atoms with Gasteiger partial charge in [0, 0.05) is 20.6 Å². The minimum absolute atomic E-state index is 0.331. The van der Waals surface area contributed by atoms with Crippen molar-refractivity contribution in [1.82, 2.24) is 0 Å². The molecule has 2 unspecified atom stereocenters. The van der Waals surface area contributed by atoms with Gasteiger partial charge in [-0.15, -0.1) is 11.3 Å². The molecule has 2 N–H and O–H groups in total. The van der Waals surface area contributed by atoms with Gasteiger partial charge in [0.15, 0.2) is 0 Å². The molecule has 14 heavy (non-hydrogen) atoms. The third-order valence-corrected chi connectivity index (χ3v) is 6.04. The van der Waals surface area contributed by atoms with Crippen LogP contribution in [-0.2, 0) is 6.42 Å². The molecule has 2 rings (SSSR count). The Hall–Kier alpha value is 0.490. The van der Waals surface area contributed by atoms with Crippen LogP contribution in [0.3, 0.4) is 0 Å². The largest absolute Gasteiger partial charge is 0.326 e. The monoisotopic (exact) mass is 291 g/mol. The molecule has 4 heteroatoms. The summed E-state index contributed by atoms with van der Waals surface area (Å²) in [5, 5.41) is 2.80. The number of rotatable bonds is 3. The van der Waals surface area contributed by atoms with Crippen LogP contribution in [0.15, 0.2) is 15.9 Å². The summed E-state index contributed by atoms with van der Waals surface area (Å²) in [6, 6.07) is 2.44. The predicted octanol–water partition coefficient (Wildman–Crippen LogP) is 3.28. The highest BCUT2D eigenvalue weighted by molar-refractivity contribution is 9.10. The highest BCUT2D eigenvalue weighted by Crippen LogP contribution is 2.31. The summed E-state index contributed by atoms with van der Waals surface area (Å²) in [6.45, 7) is 0. The first kappa shape index (κ1) is 11.0. The first-order chi connectivity index (χ1) is 6.77. The zero-order valence-electron chi connectivity index (χ0n) is 7.91. The summed E-state index contributed by atoms with van der Waals surface area (Å²) in [4.78, 5) is 1.39. The van der Waals surface area contributed by atoms with Crippen LogP contribution in [0.2, 0.25) is 0 Å². The Bertz CT molecular complexity index is 294. The van der Waals surface area contributed by atoms with Crippen LogP contribution < -0.4 is 5.73 Å². The molecular weight excluding hydrogens is 278 g/mol. The van der Waals surface area contributed by atoms with Gasteiger partial charge in [0.25, 0.3) is 0 Å². The summed E-state index contributed by atoms with van der Waals surface area (Å²) in [6.07, 6.45) is 3.67. The predicted molar refractivity (Wildman–Crippen MR) is 69.2 cm³/mol. The Morgan fingerprint density at radius 3 is 3.07 bits per heavy atom. The van der Waals surface area contributed by atoms with E-state index < -0.39 is 0 Å². The lowest BCUT2D eigenvalue weighted by Crippen LogP contribution is -2.32. The Morgan fingerprint density at radius 1 is 1.64 bits per heavy atom. The van der Waals surface area contributed by atoms with E-state index >= 15 is 0 Å². The topological polar surface area (TPSA) is 26.0 Å². The number of hydrogen-bond acceptors (Lipinski definition) is 3. The van der Waals surface area contributed by atoms with Crippen molar-refractivity contribution in [3.63, 3.8) is 0 Å². The lowest BCUT2D eigenvalue weighted by Gasteiger charge is -2.17. The standard InChI is InChI=1S/C10H14BrNS2/c11-7-3-5-14-10(7)6-8(12)9-2-1-4-13-9/h3,5,8-9H,1-2,4,6,12H2. The van der Waals surface area contributed by atoms with E-state index in [4.69, 9.17) is 5.73 Å². The van der Waals surface area contributed by atoms with Crippen LogP contribution in [0.25, 0.3) is 0 Å². The molecule has 1 saturated heterocycles. The van der Waals surface area contributed by atoms with Gasteiger partial charge in [0.2, 0.25) is 0 Å². The lowest BCUT2D eigenvalue weighted by molar-refractivity contribution is 0.612. The normalized spacial score (nSPS) is 24.0. The number of halogens is 1. The Morgan fingerprint density at radius 2 is 2.50 bits per heavy atom. The molecule has 0 aromatic carbocycles. The number of hydrogen-bond donors (Lipinski definition) is 1. The van der Waals surface area contributed by atoms with E-state index in [-0.39, 0.29) is 0 Å². The first-order valence-electron chi connectivity index (χ1n) is 4.86. The molecule has 1 aromatic heterocycles. The molecule has 0 radical (unpaired) electrons. The summed E-state index contributed by atoms with van der Waals surface area (Å²) < 4.78 is 1.22. The molecule has 0 bridgehead atoms. The highest BCUT2D eigenvalue weighted by atomic mass is 79.9. The van der Waals surface area contributed by atoms with Gasteiger partial charge in [-0.05, 0) is 52.4 Å². The fraction of sp³-hybridized carbons (Fsp3) is 0.600. The maximum atomic E-state index is 6.20. The first-order valence-corrected chi connectivity index (χ1v) is 7.58. The second-order valence-corrected chi connectivity index (χ2v) is 6.81. The van der Waals surface area contributed by atoms with Gasteiger partial charge in [-0.3, -0.25) is 0 Å². The van der Waals surface area contributed by atoms with E-state index in [9.17, 15) is 0 Å². The van der Waals surface area contributed by atoms with E-state index in [1.807, 2.05) is 11.8 Å². The Kier molecular flexibility index (Phi) is 3.93. The van der Waals surface area contributed by atoms with Crippen molar-refractivity contribution >= 4 is 39.0 Å². The van der Waals surface area contributed by atoms with E-state index in [1.165, 1.54) is 27.9 Å².